The highest BCUT2D eigenvalue weighted by Crippen LogP contribution is 2.35. The van der Waals surface area contributed by atoms with E-state index in [0.29, 0.717) is 0 Å². The predicted molar refractivity (Wildman–Crippen MR) is 69.1 cm³/mol. The lowest BCUT2D eigenvalue weighted by atomic mass is 10.0. The number of nitrogens with two attached hydrogens (primary N) is 1. The van der Waals surface area contributed by atoms with Crippen molar-refractivity contribution in [2.75, 3.05) is 0 Å². The van der Waals surface area contributed by atoms with Crippen LogP contribution in [0, 0.1) is 0 Å². The van der Waals surface area contributed by atoms with E-state index < -0.39 is 0 Å². The van der Waals surface area contributed by atoms with Crippen LogP contribution < -0.4 is 5.73 Å². The average Bonchev–Trinajstić information content (AvgIpc) is 2.75. The van der Waals surface area contributed by atoms with Crippen molar-refractivity contribution in [2.45, 2.75) is 12.5 Å². The van der Waals surface area contributed by atoms with Crippen LogP contribution in [0.25, 0.3) is 0 Å². The minimum absolute atomic E-state index is 0.000440. The maximum absolute atomic E-state index is 6.11. The van der Waals surface area contributed by atoms with Gasteiger partial charge in [-0.15, -0.1) is 11.3 Å². The van der Waals surface area contributed by atoms with Gasteiger partial charge in [0.05, 0.1) is 20.1 Å². The average molecular weight is 351 g/mol. The first-order chi connectivity index (χ1) is 7.16. The van der Waals surface area contributed by atoms with Crippen LogP contribution in [0.5, 0.6) is 0 Å². The van der Waals surface area contributed by atoms with Crippen molar-refractivity contribution in [1.82, 2.24) is 0 Å². The molecule has 1 unspecified atom stereocenters. The summed E-state index contributed by atoms with van der Waals surface area (Å²) in [6.07, 6.45) is 4.19. The molecular weight excluding hydrogens is 342 g/mol. The van der Waals surface area contributed by atoms with Gasteiger partial charge in [0.1, 0.15) is 0 Å². The fourth-order valence-electron chi connectivity index (χ4n) is 1.38. The van der Waals surface area contributed by atoms with Crippen molar-refractivity contribution in [1.29, 1.82) is 0 Å². The molecule has 0 amide bonds. The third kappa shape index (κ3) is 2.72. The summed E-state index contributed by atoms with van der Waals surface area (Å²) >= 11 is 8.59. The summed E-state index contributed by atoms with van der Waals surface area (Å²) in [5, 5.41) is 0. The molecule has 0 radical (unpaired) electrons. The Hall–Kier alpha value is -0.100. The Bertz CT molecular complexity index is 438. The highest BCUT2D eigenvalue weighted by molar-refractivity contribution is 9.12. The Morgan fingerprint density at radius 1 is 1.47 bits per heavy atom. The van der Waals surface area contributed by atoms with Crippen molar-refractivity contribution in [3.63, 3.8) is 0 Å². The molecule has 2 aromatic rings. The summed E-state index contributed by atoms with van der Waals surface area (Å²) in [5.41, 5.74) is 8.37. The largest absolute Gasteiger partial charge is 0.472 e. The van der Waals surface area contributed by atoms with Crippen molar-refractivity contribution < 1.29 is 4.42 Å². The van der Waals surface area contributed by atoms with Gasteiger partial charge in [0.2, 0.25) is 0 Å². The Morgan fingerprint density at radius 2 is 2.27 bits per heavy atom. The van der Waals surface area contributed by atoms with Gasteiger partial charge >= 0.3 is 0 Å². The first-order valence-corrected chi connectivity index (χ1v) is 6.78. The maximum atomic E-state index is 6.11. The molecule has 1 atom stereocenters. The molecule has 0 aliphatic carbocycles. The topological polar surface area (TPSA) is 39.2 Å². The molecule has 0 aromatic carbocycles. The zero-order valence-corrected chi connectivity index (χ0v) is 11.7. The summed E-state index contributed by atoms with van der Waals surface area (Å²) < 4.78 is 7.19. The molecule has 0 fully saturated rings. The van der Waals surface area contributed by atoms with E-state index in [1.54, 1.807) is 23.9 Å². The molecule has 15 heavy (non-hydrogen) atoms. The maximum Gasteiger partial charge on any atom is 0.0935 e. The lowest BCUT2D eigenvalue weighted by Gasteiger charge is -2.08. The second-order valence-electron chi connectivity index (χ2n) is 3.22. The molecule has 0 saturated carbocycles. The van der Waals surface area contributed by atoms with Gasteiger partial charge in [0, 0.05) is 6.04 Å². The van der Waals surface area contributed by atoms with Gasteiger partial charge in [-0.3, -0.25) is 0 Å². The van der Waals surface area contributed by atoms with Gasteiger partial charge in [-0.2, -0.15) is 0 Å². The Balaban J connectivity index is 2.14. The summed E-state index contributed by atoms with van der Waals surface area (Å²) in [6, 6.07) is 3.99. The van der Waals surface area contributed by atoms with Crippen LogP contribution in [0.2, 0.25) is 0 Å². The van der Waals surface area contributed by atoms with Crippen molar-refractivity contribution in [2.24, 2.45) is 5.73 Å². The second-order valence-corrected chi connectivity index (χ2v) is 6.97. The zero-order valence-electron chi connectivity index (χ0n) is 7.74. The number of furan rings is 1. The van der Waals surface area contributed by atoms with Crippen molar-refractivity contribution in [3.05, 3.63) is 43.4 Å². The molecular formula is C10H9Br2NOS. The minimum Gasteiger partial charge on any atom is -0.472 e. The van der Waals surface area contributed by atoms with Gasteiger partial charge in [0.25, 0.3) is 0 Å². The van der Waals surface area contributed by atoms with E-state index in [1.807, 2.05) is 6.07 Å². The fourth-order valence-corrected chi connectivity index (χ4v) is 4.38. The molecule has 0 aliphatic heterocycles. The quantitative estimate of drug-likeness (QED) is 0.904. The lowest BCUT2D eigenvalue weighted by Crippen LogP contribution is -2.12. The third-order valence-corrected chi connectivity index (χ3v) is 4.50. The molecule has 0 bridgehead atoms. The lowest BCUT2D eigenvalue weighted by molar-refractivity contribution is 0.561. The minimum atomic E-state index is -0.000440. The van der Waals surface area contributed by atoms with Crippen LogP contribution in [-0.4, -0.2) is 0 Å². The smallest absolute Gasteiger partial charge is 0.0935 e. The molecule has 80 valence electrons. The molecule has 0 spiro atoms. The van der Waals surface area contributed by atoms with E-state index in [9.17, 15) is 0 Å². The van der Waals surface area contributed by atoms with Crippen LogP contribution in [0.15, 0.2) is 36.6 Å². The summed E-state index contributed by atoms with van der Waals surface area (Å²) in [7, 11) is 0. The second kappa shape index (κ2) is 4.82. The van der Waals surface area contributed by atoms with E-state index in [-0.39, 0.29) is 6.04 Å². The SMILES string of the molecule is NC(Cc1ccoc1)c1cc(Br)sc1Br. The van der Waals surface area contributed by atoms with E-state index in [4.69, 9.17) is 10.2 Å². The molecule has 2 aromatic heterocycles. The number of hydrogen-bond acceptors (Lipinski definition) is 3. The number of thiophene rings is 1. The first kappa shape index (κ1) is 11.4. The number of halogens is 2. The standard InChI is InChI=1S/C10H9Br2NOS/c11-9-4-7(10(12)15-9)8(13)3-6-1-2-14-5-6/h1-2,4-5,8H,3,13H2. The number of rotatable bonds is 3. The highest BCUT2D eigenvalue weighted by Gasteiger charge is 2.14. The van der Waals surface area contributed by atoms with Crippen LogP contribution in [0.4, 0.5) is 0 Å². The monoisotopic (exact) mass is 349 g/mol. The first-order valence-electron chi connectivity index (χ1n) is 4.38. The highest BCUT2D eigenvalue weighted by atomic mass is 79.9. The van der Waals surface area contributed by atoms with Crippen LogP contribution in [0.3, 0.4) is 0 Å². The van der Waals surface area contributed by atoms with Gasteiger partial charge in [-0.1, -0.05) is 0 Å². The summed E-state index contributed by atoms with van der Waals surface area (Å²) in [4.78, 5) is 0. The van der Waals surface area contributed by atoms with Gasteiger partial charge in [-0.25, -0.2) is 0 Å². The van der Waals surface area contributed by atoms with E-state index in [1.165, 1.54) is 0 Å². The van der Waals surface area contributed by atoms with E-state index in [2.05, 4.69) is 37.9 Å². The Labute approximate surface area is 109 Å². The van der Waals surface area contributed by atoms with Gasteiger partial charge < -0.3 is 10.2 Å². The van der Waals surface area contributed by atoms with E-state index >= 15 is 0 Å². The zero-order chi connectivity index (χ0) is 10.8. The predicted octanol–water partition coefficient (Wildman–Crippen LogP) is 4.11. The van der Waals surface area contributed by atoms with Crippen LogP contribution >= 0.6 is 43.2 Å². The normalized spacial score (nSPS) is 13.0. The summed E-state index contributed by atoms with van der Waals surface area (Å²) in [5.74, 6) is 0. The molecule has 5 heteroatoms. The third-order valence-electron chi connectivity index (χ3n) is 2.12. The van der Waals surface area contributed by atoms with Crippen molar-refractivity contribution in [3.8, 4) is 0 Å². The van der Waals surface area contributed by atoms with Crippen LogP contribution in [0.1, 0.15) is 17.2 Å². The van der Waals surface area contributed by atoms with Crippen LogP contribution in [-0.2, 0) is 6.42 Å². The molecule has 2 nitrogen and oxygen atoms in total. The Kier molecular flexibility index (Phi) is 3.66. The molecule has 2 N–H and O–H groups in total. The van der Waals surface area contributed by atoms with Gasteiger partial charge in [0.15, 0.2) is 0 Å². The molecule has 0 saturated heterocycles. The Morgan fingerprint density at radius 3 is 2.80 bits per heavy atom. The van der Waals surface area contributed by atoms with Crippen molar-refractivity contribution >= 4 is 43.2 Å². The van der Waals surface area contributed by atoms with E-state index in [0.717, 1.165) is 25.1 Å². The molecule has 2 rings (SSSR count). The summed E-state index contributed by atoms with van der Waals surface area (Å²) in [6.45, 7) is 0. The number of hydrogen-bond donors (Lipinski definition) is 1. The molecule has 0 aliphatic rings. The molecule has 2 heterocycles. The van der Waals surface area contributed by atoms with Gasteiger partial charge in [-0.05, 0) is 61.5 Å². The fraction of sp³-hybridized carbons (Fsp3) is 0.200.